The van der Waals surface area contributed by atoms with Crippen molar-refractivity contribution in [2.45, 2.75) is 0 Å². The number of halogens is 2. The van der Waals surface area contributed by atoms with Crippen molar-refractivity contribution in [2.75, 3.05) is 0 Å². The molecule has 0 spiro atoms. The minimum atomic E-state index is -0.361. The molecule has 0 N–H and O–H groups in total. The summed E-state index contributed by atoms with van der Waals surface area (Å²) in [6.07, 6.45) is 0. The van der Waals surface area contributed by atoms with Gasteiger partial charge >= 0.3 is 0 Å². The van der Waals surface area contributed by atoms with Crippen molar-refractivity contribution in [3.8, 4) is 11.5 Å². The van der Waals surface area contributed by atoms with Crippen molar-refractivity contribution in [3.05, 3.63) is 58.8 Å². The molecule has 0 bridgehead atoms. The van der Waals surface area contributed by atoms with Crippen LogP contribution >= 0.6 is 15.9 Å². The first-order valence-electron chi connectivity index (χ1n) is 4.43. The van der Waals surface area contributed by atoms with Gasteiger partial charge in [0.05, 0.1) is 0 Å². The van der Waals surface area contributed by atoms with Crippen LogP contribution in [-0.2, 0) is 0 Å². The van der Waals surface area contributed by atoms with Gasteiger partial charge in [0.25, 0.3) is 0 Å². The third kappa shape index (κ3) is 2.57. The second-order valence-corrected chi connectivity index (χ2v) is 3.90. The third-order valence-electron chi connectivity index (χ3n) is 1.88. The van der Waals surface area contributed by atoms with Crippen molar-refractivity contribution < 1.29 is 9.13 Å². The first-order chi connectivity index (χ1) is 7.25. The minimum absolute atomic E-state index is 0.236. The second kappa shape index (κ2) is 4.45. The van der Waals surface area contributed by atoms with Crippen LogP contribution in [0.1, 0.15) is 0 Å². The van der Waals surface area contributed by atoms with E-state index in [1.165, 1.54) is 6.07 Å². The van der Waals surface area contributed by atoms with Crippen LogP contribution in [0.3, 0.4) is 0 Å². The highest BCUT2D eigenvalue weighted by Gasteiger charge is 2.02. The second-order valence-electron chi connectivity index (χ2n) is 2.99. The summed E-state index contributed by atoms with van der Waals surface area (Å²) < 4.78 is 19.6. The normalized spacial score (nSPS) is 10.0. The van der Waals surface area contributed by atoms with E-state index >= 15 is 0 Å². The van der Waals surface area contributed by atoms with Gasteiger partial charge in [0.2, 0.25) is 0 Å². The molecule has 0 aliphatic rings. The Bertz CT molecular complexity index is 453. The molecule has 0 saturated carbocycles. The SMILES string of the molecule is Fc1ccccc1Oc1ccc(Br)cc1. The van der Waals surface area contributed by atoms with Gasteiger partial charge in [-0.1, -0.05) is 28.1 Å². The van der Waals surface area contributed by atoms with Crippen LogP contribution in [0.15, 0.2) is 53.0 Å². The van der Waals surface area contributed by atoms with Gasteiger partial charge in [-0.05, 0) is 36.4 Å². The van der Waals surface area contributed by atoms with E-state index in [0.717, 1.165) is 4.47 Å². The fourth-order valence-electron chi connectivity index (χ4n) is 1.16. The molecule has 0 heterocycles. The molecule has 2 aromatic carbocycles. The number of hydrogen-bond donors (Lipinski definition) is 0. The molecular weight excluding hydrogens is 259 g/mol. The molecule has 0 aliphatic heterocycles. The average molecular weight is 267 g/mol. The monoisotopic (exact) mass is 266 g/mol. The fourth-order valence-corrected chi connectivity index (χ4v) is 1.42. The van der Waals surface area contributed by atoms with Crippen LogP contribution in [0.5, 0.6) is 11.5 Å². The molecule has 3 heteroatoms. The Balaban J connectivity index is 2.22. The Kier molecular flexibility index (Phi) is 3.02. The van der Waals surface area contributed by atoms with Crippen LogP contribution in [0.2, 0.25) is 0 Å². The number of hydrogen-bond acceptors (Lipinski definition) is 1. The molecule has 1 nitrogen and oxygen atoms in total. The number of para-hydroxylation sites is 1. The van der Waals surface area contributed by atoms with Gasteiger partial charge in [-0.3, -0.25) is 0 Å². The summed E-state index contributed by atoms with van der Waals surface area (Å²) in [6.45, 7) is 0. The third-order valence-corrected chi connectivity index (χ3v) is 2.41. The van der Waals surface area contributed by atoms with Crippen molar-refractivity contribution >= 4 is 15.9 Å². The maximum absolute atomic E-state index is 13.2. The van der Waals surface area contributed by atoms with E-state index < -0.39 is 0 Å². The van der Waals surface area contributed by atoms with E-state index in [4.69, 9.17) is 4.74 Å². The zero-order valence-electron chi connectivity index (χ0n) is 7.78. The lowest BCUT2D eigenvalue weighted by atomic mass is 10.3. The highest BCUT2D eigenvalue weighted by atomic mass is 79.9. The average Bonchev–Trinajstić information content (AvgIpc) is 2.25. The molecule has 15 heavy (non-hydrogen) atoms. The summed E-state index contributed by atoms with van der Waals surface area (Å²) in [6, 6.07) is 13.6. The highest BCUT2D eigenvalue weighted by Crippen LogP contribution is 2.25. The molecule has 0 atom stereocenters. The molecule has 0 saturated heterocycles. The largest absolute Gasteiger partial charge is 0.454 e. The van der Waals surface area contributed by atoms with E-state index in [1.54, 1.807) is 30.3 Å². The first kappa shape index (κ1) is 10.2. The van der Waals surface area contributed by atoms with E-state index in [-0.39, 0.29) is 11.6 Å². The Morgan fingerprint density at radius 3 is 2.27 bits per heavy atom. The smallest absolute Gasteiger partial charge is 0.165 e. The fraction of sp³-hybridized carbons (Fsp3) is 0. The summed E-state index contributed by atoms with van der Waals surface area (Å²) in [4.78, 5) is 0. The van der Waals surface area contributed by atoms with E-state index in [1.807, 2.05) is 12.1 Å². The van der Waals surface area contributed by atoms with Gasteiger partial charge in [0, 0.05) is 4.47 Å². The maximum Gasteiger partial charge on any atom is 0.165 e. The molecule has 0 amide bonds. The van der Waals surface area contributed by atoms with Gasteiger partial charge in [0.1, 0.15) is 5.75 Å². The van der Waals surface area contributed by atoms with Gasteiger partial charge in [-0.25, -0.2) is 4.39 Å². The molecule has 0 aliphatic carbocycles. The van der Waals surface area contributed by atoms with Gasteiger partial charge < -0.3 is 4.74 Å². The first-order valence-corrected chi connectivity index (χ1v) is 5.23. The van der Waals surface area contributed by atoms with Gasteiger partial charge in [-0.15, -0.1) is 0 Å². The van der Waals surface area contributed by atoms with Crippen molar-refractivity contribution in [1.29, 1.82) is 0 Å². The van der Waals surface area contributed by atoms with Gasteiger partial charge in [-0.2, -0.15) is 0 Å². The quantitative estimate of drug-likeness (QED) is 0.784. The molecule has 0 unspecified atom stereocenters. The van der Waals surface area contributed by atoms with E-state index in [2.05, 4.69) is 15.9 Å². The number of ether oxygens (including phenoxy) is 1. The standard InChI is InChI=1S/C12H8BrFO/c13-9-5-7-10(8-6-9)15-12-4-2-1-3-11(12)14/h1-8H. The Labute approximate surface area is 95.6 Å². The maximum atomic E-state index is 13.2. The van der Waals surface area contributed by atoms with Crippen molar-refractivity contribution in [1.82, 2.24) is 0 Å². The van der Waals surface area contributed by atoms with Crippen LogP contribution in [0, 0.1) is 5.82 Å². The molecule has 2 aromatic rings. The molecule has 0 aromatic heterocycles. The Hall–Kier alpha value is -1.35. The summed E-state index contributed by atoms with van der Waals surface area (Å²) in [5, 5.41) is 0. The molecular formula is C12H8BrFO. The zero-order valence-corrected chi connectivity index (χ0v) is 9.37. The molecule has 2 rings (SSSR count). The van der Waals surface area contributed by atoms with Crippen molar-refractivity contribution in [3.63, 3.8) is 0 Å². The lowest BCUT2D eigenvalue weighted by Crippen LogP contribution is -1.86. The van der Waals surface area contributed by atoms with Crippen molar-refractivity contribution in [2.24, 2.45) is 0 Å². The predicted molar refractivity (Wildman–Crippen MR) is 60.6 cm³/mol. The van der Waals surface area contributed by atoms with Crippen LogP contribution in [-0.4, -0.2) is 0 Å². The Morgan fingerprint density at radius 1 is 0.933 bits per heavy atom. The molecule has 0 fully saturated rings. The minimum Gasteiger partial charge on any atom is -0.454 e. The van der Waals surface area contributed by atoms with Crippen LogP contribution < -0.4 is 4.74 Å². The summed E-state index contributed by atoms with van der Waals surface area (Å²) in [5.74, 6) is 0.489. The summed E-state index contributed by atoms with van der Waals surface area (Å²) >= 11 is 3.32. The van der Waals surface area contributed by atoms with Crippen LogP contribution in [0.4, 0.5) is 4.39 Å². The molecule has 0 radical (unpaired) electrons. The predicted octanol–water partition coefficient (Wildman–Crippen LogP) is 4.38. The van der Waals surface area contributed by atoms with Crippen LogP contribution in [0.25, 0.3) is 0 Å². The van der Waals surface area contributed by atoms with Gasteiger partial charge in [0.15, 0.2) is 11.6 Å². The molecule has 76 valence electrons. The zero-order chi connectivity index (χ0) is 10.7. The number of rotatable bonds is 2. The van der Waals surface area contributed by atoms with E-state index in [0.29, 0.717) is 5.75 Å². The summed E-state index contributed by atoms with van der Waals surface area (Å²) in [5.41, 5.74) is 0. The summed E-state index contributed by atoms with van der Waals surface area (Å²) in [7, 11) is 0. The number of benzene rings is 2. The lowest BCUT2D eigenvalue weighted by Gasteiger charge is -2.05. The topological polar surface area (TPSA) is 9.23 Å². The highest BCUT2D eigenvalue weighted by molar-refractivity contribution is 9.10. The van der Waals surface area contributed by atoms with E-state index in [9.17, 15) is 4.39 Å². The lowest BCUT2D eigenvalue weighted by molar-refractivity contribution is 0.442. The Morgan fingerprint density at radius 2 is 1.60 bits per heavy atom.